The van der Waals surface area contributed by atoms with Crippen LogP contribution in [-0.2, 0) is 11.8 Å². The van der Waals surface area contributed by atoms with E-state index in [0.717, 1.165) is 19.4 Å². The second kappa shape index (κ2) is 7.49. The molecule has 1 unspecified atom stereocenters. The van der Waals surface area contributed by atoms with Crippen molar-refractivity contribution in [3.05, 3.63) is 65.1 Å². The van der Waals surface area contributed by atoms with Gasteiger partial charge in [-0.15, -0.1) is 0 Å². The summed E-state index contributed by atoms with van der Waals surface area (Å²) in [6, 6.07) is 8.85. The van der Waals surface area contributed by atoms with Crippen molar-refractivity contribution in [2.45, 2.75) is 51.0 Å². The minimum absolute atomic E-state index is 0.0131. The fourth-order valence-electron chi connectivity index (χ4n) is 5.55. The van der Waals surface area contributed by atoms with Crippen LogP contribution in [0.1, 0.15) is 60.2 Å². The number of rotatable bonds is 3. The smallest absolute Gasteiger partial charge is 0.251 e. The minimum atomic E-state index is -0.0131. The van der Waals surface area contributed by atoms with E-state index in [1.165, 1.54) is 27.6 Å². The van der Waals surface area contributed by atoms with E-state index in [1.54, 1.807) is 24.5 Å². The van der Waals surface area contributed by atoms with Crippen LogP contribution in [0.5, 0.6) is 0 Å². The number of aromatic nitrogens is 2. The molecule has 1 aliphatic heterocycles. The first-order chi connectivity index (χ1) is 14.8. The molecule has 2 aromatic heterocycles. The summed E-state index contributed by atoms with van der Waals surface area (Å²) in [4.78, 5) is 22.6. The van der Waals surface area contributed by atoms with E-state index in [9.17, 15) is 4.79 Å². The van der Waals surface area contributed by atoms with Crippen molar-refractivity contribution < 1.29 is 4.79 Å². The molecule has 1 saturated heterocycles. The van der Waals surface area contributed by atoms with Gasteiger partial charge in [0.05, 0.1) is 0 Å². The van der Waals surface area contributed by atoms with Crippen molar-refractivity contribution in [1.29, 1.82) is 0 Å². The number of carbonyl (C=O) groups excluding carboxylic acids is 1. The highest BCUT2D eigenvalue weighted by atomic mass is 16.1. The summed E-state index contributed by atoms with van der Waals surface area (Å²) in [5.41, 5.74) is 6.38. The fourth-order valence-corrected chi connectivity index (χ4v) is 5.55. The van der Waals surface area contributed by atoms with Gasteiger partial charge >= 0.3 is 0 Å². The first-order valence-electron chi connectivity index (χ1n) is 11.3. The molecule has 3 atom stereocenters. The van der Waals surface area contributed by atoms with Gasteiger partial charge in [0.1, 0.15) is 0 Å². The largest absolute Gasteiger partial charge is 0.361 e. The molecule has 0 radical (unpaired) electrons. The Morgan fingerprint density at radius 3 is 2.77 bits per heavy atom. The van der Waals surface area contributed by atoms with E-state index >= 15 is 0 Å². The predicted octanol–water partition coefficient (Wildman–Crippen LogP) is 4.25. The Hall–Kier alpha value is -2.66. The van der Waals surface area contributed by atoms with Gasteiger partial charge in [-0.3, -0.25) is 9.78 Å². The molecule has 3 heterocycles. The number of hydrogen-bond donors (Lipinski definition) is 2. The molecule has 0 spiro atoms. The number of likely N-dealkylation sites (tertiary alicyclic amines) is 1. The number of pyridine rings is 1. The number of fused-ring (bicyclic) bond motifs is 2. The Morgan fingerprint density at radius 2 is 2.03 bits per heavy atom. The Kier molecular flexibility index (Phi) is 4.89. The Bertz CT molecular complexity index is 1110. The summed E-state index contributed by atoms with van der Waals surface area (Å²) in [6.07, 6.45) is 7.75. The van der Waals surface area contributed by atoms with Crippen molar-refractivity contribution in [3.8, 4) is 0 Å². The zero-order valence-corrected chi connectivity index (χ0v) is 18.9. The minimum Gasteiger partial charge on any atom is -0.361 e. The molecule has 5 nitrogen and oxygen atoms in total. The lowest BCUT2D eigenvalue weighted by Gasteiger charge is -2.46. The third kappa shape index (κ3) is 3.65. The first kappa shape index (κ1) is 20.3. The molecule has 1 fully saturated rings. The summed E-state index contributed by atoms with van der Waals surface area (Å²) in [5.74, 6) is 0.918. The maximum atomic E-state index is 12.5. The van der Waals surface area contributed by atoms with Crippen molar-refractivity contribution in [2.24, 2.45) is 5.92 Å². The van der Waals surface area contributed by atoms with Gasteiger partial charge in [0.25, 0.3) is 5.91 Å². The lowest BCUT2D eigenvalue weighted by Crippen LogP contribution is -2.50. The zero-order chi connectivity index (χ0) is 21.8. The van der Waals surface area contributed by atoms with Crippen molar-refractivity contribution in [1.82, 2.24) is 20.2 Å². The lowest BCUT2D eigenvalue weighted by molar-refractivity contribution is 0.0891. The van der Waals surface area contributed by atoms with E-state index in [-0.39, 0.29) is 11.3 Å². The number of aromatic amines is 1. The number of nitrogens with zero attached hydrogens (tertiary/aromatic N) is 2. The van der Waals surface area contributed by atoms with Crippen LogP contribution in [0.2, 0.25) is 0 Å². The highest BCUT2D eigenvalue weighted by Gasteiger charge is 2.40. The molecule has 162 valence electrons. The van der Waals surface area contributed by atoms with E-state index in [2.05, 4.69) is 66.3 Å². The molecule has 2 aliphatic rings. The second-order valence-electron chi connectivity index (χ2n) is 10.4. The number of amides is 1. The number of likely N-dealkylation sites (N-methyl/N-ethyl adjacent to an activating group) is 1. The van der Waals surface area contributed by atoms with Crippen LogP contribution in [-0.4, -0.2) is 47.0 Å². The number of H-pyrrole nitrogens is 1. The zero-order valence-electron chi connectivity index (χ0n) is 18.9. The fraction of sp³-hybridized carbons (Fsp3) is 0.462. The van der Waals surface area contributed by atoms with Crippen LogP contribution in [0.25, 0.3) is 10.9 Å². The van der Waals surface area contributed by atoms with Crippen LogP contribution in [0.3, 0.4) is 0 Å². The summed E-state index contributed by atoms with van der Waals surface area (Å²) >= 11 is 0. The number of benzene rings is 1. The molecule has 5 heteroatoms. The second-order valence-corrected chi connectivity index (χ2v) is 10.4. The number of carbonyl (C=O) groups is 1. The Morgan fingerprint density at radius 1 is 1.26 bits per heavy atom. The van der Waals surface area contributed by atoms with Gasteiger partial charge in [-0.05, 0) is 66.1 Å². The summed E-state index contributed by atoms with van der Waals surface area (Å²) in [7, 11) is 2.25. The van der Waals surface area contributed by atoms with Gasteiger partial charge in [-0.2, -0.15) is 0 Å². The molecular formula is C26H32N4O. The average molecular weight is 417 g/mol. The molecule has 2 N–H and O–H groups in total. The third-order valence-electron chi connectivity index (χ3n) is 7.24. The van der Waals surface area contributed by atoms with Crippen molar-refractivity contribution >= 4 is 16.8 Å². The summed E-state index contributed by atoms with van der Waals surface area (Å²) < 4.78 is 0. The number of hydrogen-bond acceptors (Lipinski definition) is 3. The van der Waals surface area contributed by atoms with Crippen LogP contribution in [0, 0.1) is 5.92 Å². The van der Waals surface area contributed by atoms with Gasteiger partial charge < -0.3 is 15.2 Å². The van der Waals surface area contributed by atoms with Gasteiger partial charge in [-0.25, -0.2) is 0 Å². The molecule has 31 heavy (non-hydrogen) atoms. The quantitative estimate of drug-likeness (QED) is 0.671. The molecular weight excluding hydrogens is 384 g/mol. The standard InChI is InChI=1S/C26H32N4O/c1-26(2,3)19-11-21-20-9-16(13-29-25(31)17-5-7-27-8-6-17)15-30(4)23(20)10-18-14-28-22(12-19)24(18)21/h5-8,11-12,14,16,20,23,28H,9-10,13,15H2,1-4H3,(H,29,31)/t16?,20-,23-/m1/s1. The summed E-state index contributed by atoms with van der Waals surface area (Å²) in [5, 5.41) is 4.59. The normalized spacial score (nSPS) is 23.5. The number of piperidine rings is 1. The topological polar surface area (TPSA) is 61.0 Å². The van der Waals surface area contributed by atoms with Crippen molar-refractivity contribution in [2.75, 3.05) is 20.1 Å². The van der Waals surface area contributed by atoms with E-state index < -0.39 is 0 Å². The van der Waals surface area contributed by atoms with E-state index in [0.29, 0.717) is 30.0 Å². The first-order valence-corrected chi connectivity index (χ1v) is 11.3. The number of nitrogens with one attached hydrogen (secondary N) is 2. The SMILES string of the molecule is CN1CC(CNC(=O)c2ccncc2)C[C@@H]2c3cc(C(C)(C)C)cc4[nH]cc(c34)C[C@H]21. The highest BCUT2D eigenvalue weighted by Crippen LogP contribution is 2.45. The maximum Gasteiger partial charge on any atom is 0.251 e. The molecule has 5 rings (SSSR count). The van der Waals surface area contributed by atoms with Crippen molar-refractivity contribution in [3.63, 3.8) is 0 Å². The molecule has 1 aliphatic carbocycles. The van der Waals surface area contributed by atoms with Gasteiger partial charge in [-0.1, -0.05) is 26.8 Å². The van der Waals surface area contributed by atoms with E-state index in [1.807, 2.05) is 0 Å². The van der Waals surface area contributed by atoms with Crippen LogP contribution in [0.15, 0.2) is 42.9 Å². The van der Waals surface area contributed by atoms with Crippen LogP contribution in [0.4, 0.5) is 0 Å². The van der Waals surface area contributed by atoms with E-state index in [4.69, 9.17) is 0 Å². The Balaban J connectivity index is 1.42. The molecule has 3 aromatic rings. The maximum absolute atomic E-state index is 12.5. The van der Waals surface area contributed by atoms with Gasteiger partial charge in [0.15, 0.2) is 0 Å². The predicted molar refractivity (Wildman–Crippen MR) is 125 cm³/mol. The Labute approximate surface area is 184 Å². The lowest BCUT2D eigenvalue weighted by atomic mass is 9.71. The summed E-state index contributed by atoms with van der Waals surface area (Å²) in [6.45, 7) is 8.58. The molecule has 0 bridgehead atoms. The molecule has 0 saturated carbocycles. The highest BCUT2D eigenvalue weighted by molar-refractivity contribution is 5.94. The average Bonchev–Trinajstić information content (AvgIpc) is 3.16. The van der Waals surface area contributed by atoms with Gasteiger partial charge in [0, 0.05) is 60.1 Å². The van der Waals surface area contributed by atoms with Crippen LogP contribution >= 0.6 is 0 Å². The van der Waals surface area contributed by atoms with Gasteiger partial charge in [0.2, 0.25) is 0 Å². The molecule has 1 amide bonds. The monoisotopic (exact) mass is 416 g/mol. The molecule has 1 aromatic carbocycles. The van der Waals surface area contributed by atoms with Crippen LogP contribution < -0.4 is 5.32 Å². The third-order valence-corrected chi connectivity index (χ3v) is 7.24.